The number of hydrogen-bond donors (Lipinski definition) is 0. The van der Waals surface area contributed by atoms with Crippen molar-refractivity contribution in [2.75, 3.05) is 0 Å². The first-order chi connectivity index (χ1) is 19.8. The molecule has 0 saturated carbocycles. The van der Waals surface area contributed by atoms with Crippen LogP contribution in [0.1, 0.15) is 70.7 Å². The standard InChI is InChI=1S/C39H43N2O/c1-23(2)17-25-11-14-29-31(19-25)24(3)34-36-35-30(15-16-41(36)10)28-13-12-26(21-39(7,8)40-9)18-27(28)20-33(35)42-37(34)32(29)22-38(4,5)6/h11-16,18-20,23H,17,21-22H2,1-8,10H3/q+1. The Hall–Kier alpha value is -3.90. The van der Waals surface area contributed by atoms with Crippen molar-refractivity contribution in [3.8, 4) is 22.8 Å². The normalized spacial score (nSPS) is 13.1. The number of hydrogen-bond acceptors (Lipinski definition) is 1. The fourth-order valence-corrected chi connectivity index (χ4v) is 6.90. The number of fused-ring (bicyclic) bond motifs is 5. The molecule has 0 N–H and O–H groups in total. The highest BCUT2D eigenvalue weighted by Gasteiger charge is 2.34. The van der Waals surface area contributed by atoms with Gasteiger partial charge in [-0.3, -0.25) is 0 Å². The highest BCUT2D eigenvalue weighted by molar-refractivity contribution is 6.16. The first-order valence-corrected chi connectivity index (χ1v) is 15.3. The van der Waals surface area contributed by atoms with Gasteiger partial charge in [0.15, 0.2) is 6.20 Å². The second-order valence-electron chi connectivity index (χ2n) is 14.7. The van der Waals surface area contributed by atoms with Gasteiger partial charge in [-0.25, -0.2) is 11.1 Å². The Morgan fingerprint density at radius 1 is 0.857 bits per heavy atom. The molecule has 6 rings (SSSR count). The molecule has 214 valence electrons. The Morgan fingerprint density at radius 3 is 2.26 bits per heavy atom. The summed E-state index contributed by atoms with van der Waals surface area (Å²) in [5, 5.41) is 7.41. The molecule has 4 aromatic carbocycles. The van der Waals surface area contributed by atoms with E-state index in [0.717, 1.165) is 36.1 Å². The number of aryl methyl sites for hydroxylation is 2. The summed E-state index contributed by atoms with van der Waals surface area (Å²) >= 11 is 0. The quantitative estimate of drug-likeness (QED) is 0.118. The third-order valence-electron chi connectivity index (χ3n) is 8.69. The van der Waals surface area contributed by atoms with Gasteiger partial charge in [0.1, 0.15) is 18.5 Å². The van der Waals surface area contributed by atoms with Gasteiger partial charge >= 0.3 is 0 Å². The van der Waals surface area contributed by atoms with Crippen molar-refractivity contribution in [3.63, 3.8) is 0 Å². The van der Waals surface area contributed by atoms with Crippen molar-refractivity contribution < 1.29 is 9.30 Å². The summed E-state index contributed by atoms with van der Waals surface area (Å²) in [5.74, 6) is 2.53. The summed E-state index contributed by atoms with van der Waals surface area (Å²) < 4.78 is 9.35. The van der Waals surface area contributed by atoms with Crippen LogP contribution in [0.5, 0.6) is 11.5 Å². The van der Waals surface area contributed by atoms with E-state index in [2.05, 4.69) is 113 Å². The molecule has 0 atom stereocenters. The Labute approximate surface area is 251 Å². The molecule has 3 heteroatoms. The third kappa shape index (κ3) is 4.82. The molecule has 5 aromatic rings. The van der Waals surface area contributed by atoms with Gasteiger partial charge in [-0.15, -0.1) is 0 Å². The number of rotatable bonds is 5. The maximum absolute atomic E-state index is 7.61. The molecule has 0 spiro atoms. The molecule has 0 fully saturated rings. The van der Waals surface area contributed by atoms with Crippen LogP contribution in [0.4, 0.5) is 0 Å². The fourth-order valence-electron chi connectivity index (χ4n) is 6.90. The van der Waals surface area contributed by atoms with E-state index in [4.69, 9.17) is 11.3 Å². The lowest BCUT2D eigenvalue weighted by atomic mass is 9.81. The van der Waals surface area contributed by atoms with Crippen molar-refractivity contribution in [1.29, 1.82) is 0 Å². The highest BCUT2D eigenvalue weighted by Crippen LogP contribution is 2.53. The van der Waals surface area contributed by atoms with Crippen molar-refractivity contribution in [3.05, 3.63) is 88.4 Å². The van der Waals surface area contributed by atoms with Crippen LogP contribution in [0.2, 0.25) is 0 Å². The molecule has 0 unspecified atom stereocenters. The van der Waals surface area contributed by atoms with Crippen molar-refractivity contribution in [1.82, 2.24) is 0 Å². The van der Waals surface area contributed by atoms with Gasteiger partial charge in [-0.05, 0) is 75.4 Å². The van der Waals surface area contributed by atoms with E-state index >= 15 is 0 Å². The molecule has 1 aromatic heterocycles. The van der Waals surface area contributed by atoms with Crippen LogP contribution in [0, 0.1) is 24.8 Å². The van der Waals surface area contributed by atoms with Crippen molar-refractivity contribution in [2.45, 2.75) is 80.2 Å². The molecule has 0 aliphatic carbocycles. The average Bonchev–Trinajstić information content (AvgIpc) is 2.91. The van der Waals surface area contributed by atoms with Crippen LogP contribution in [-0.2, 0) is 26.3 Å². The van der Waals surface area contributed by atoms with E-state index < -0.39 is 5.54 Å². The number of pyridine rings is 1. The minimum absolute atomic E-state index is 0.0956. The first-order valence-electron chi connectivity index (χ1n) is 15.3. The summed E-state index contributed by atoms with van der Waals surface area (Å²) in [4.78, 5) is 3.85. The second-order valence-corrected chi connectivity index (χ2v) is 14.7. The predicted molar refractivity (Wildman–Crippen MR) is 176 cm³/mol. The average molecular weight is 556 g/mol. The van der Waals surface area contributed by atoms with Gasteiger partial charge < -0.3 is 9.58 Å². The van der Waals surface area contributed by atoms with E-state index in [-0.39, 0.29) is 5.41 Å². The summed E-state index contributed by atoms with van der Waals surface area (Å²) in [5.41, 5.74) is 7.28. The second kappa shape index (κ2) is 9.84. The van der Waals surface area contributed by atoms with Gasteiger partial charge in [0, 0.05) is 30.9 Å². The topological polar surface area (TPSA) is 17.5 Å². The summed E-state index contributed by atoms with van der Waals surface area (Å²) in [6, 6.07) is 18.2. The first kappa shape index (κ1) is 28.2. The molecule has 1 aliphatic rings. The Bertz CT molecular complexity index is 1950. The number of ether oxygens (including phenoxy) is 1. The van der Waals surface area contributed by atoms with E-state index in [1.54, 1.807) is 0 Å². The largest absolute Gasteiger partial charge is 0.455 e. The van der Waals surface area contributed by atoms with Crippen LogP contribution in [-0.4, -0.2) is 5.54 Å². The van der Waals surface area contributed by atoms with Crippen molar-refractivity contribution in [2.24, 2.45) is 18.4 Å². The van der Waals surface area contributed by atoms with E-state index in [1.165, 1.54) is 60.4 Å². The van der Waals surface area contributed by atoms with Crippen LogP contribution in [0.25, 0.3) is 48.4 Å². The molecule has 0 amide bonds. The third-order valence-corrected chi connectivity index (χ3v) is 8.69. The predicted octanol–water partition coefficient (Wildman–Crippen LogP) is 10.1. The number of aromatic nitrogens is 1. The zero-order valence-electron chi connectivity index (χ0n) is 26.7. The molecule has 1 aliphatic heterocycles. The SMILES string of the molecule is [C-]#[N+]C(C)(C)Cc1ccc2c(c1)cc1c3c([n+](C)ccc32)-c2c(c(CC(C)(C)C)c3ccc(CC(C)C)cc3c2C)O1. The van der Waals surface area contributed by atoms with E-state index in [9.17, 15) is 0 Å². The summed E-state index contributed by atoms with van der Waals surface area (Å²) in [7, 11) is 2.16. The van der Waals surface area contributed by atoms with Crippen molar-refractivity contribution >= 4 is 32.3 Å². The van der Waals surface area contributed by atoms with E-state index in [1.807, 2.05) is 13.8 Å². The summed E-state index contributed by atoms with van der Waals surface area (Å²) in [6.45, 7) is 25.4. The van der Waals surface area contributed by atoms with Gasteiger partial charge in [0.2, 0.25) is 11.2 Å². The van der Waals surface area contributed by atoms with Gasteiger partial charge in [-0.1, -0.05) is 71.0 Å². The number of benzene rings is 4. The van der Waals surface area contributed by atoms with Crippen LogP contribution >= 0.6 is 0 Å². The Balaban J connectivity index is 1.68. The lowest BCUT2D eigenvalue weighted by Crippen LogP contribution is -2.32. The minimum atomic E-state index is -0.426. The molecular formula is C39H43N2O+. The van der Waals surface area contributed by atoms with E-state index in [0.29, 0.717) is 5.92 Å². The number of nitrogens with zero attached hydrogens (tertiary/aromatic N) is 2. The molecule has 0 saturated heterocycles. The van der Waals surface area contributed by atoms with Crippen LogP contribution in [0.3, 0.4) is 0 Å². The molecule has 0 radical (unpaired) electrons. The Kier molecular flexibility index (Phi) is 6.61. The van der Waals surface area contributed by atoms with Crippen LogP contribution < -0.4 is 9.30 Å². The minimum Gasteiger partial charge on any atom is -0.455 e. The maximum atomic E-state index is 7.61. The molecule has 2 heterocycles. The monoisotopic (exact) mass is 555 g/mol. The molecule has 3 nitrogen and oxygen atoms in total. The molecular weight excluding hydrogens is 512 g/mol. The zero-order valence-corrected chi connectivity index (χ0v) is 26.7. The summed E-state index contributed by atoms with van der Waals surface area (Å²) in [6.07, 6.45) is 4.92. The highest BCUT2D eigenvalue weighted by atomic mass is 16.5. The van der Waals surface area contributed by atoms with Gasteiger partial charge in [0.05, 0.1) is 17.4 Å². The lowest BCUT2D eigenvalue weighted by Gasteiger charge is -2.28. The van der Waals surface area contributed by atoms with Gasteiger partial charge in [0.25, 0.3) is 0 Å². The maximum Gasteiger partial charge on any atom is 0.231 e. The van der Waals surface area contributed by atoms with Gasteiger partial charge in [-0.2, -0.15) is 0 Å². The fraction of sp³-hybridized carbons (Fsp3) is 0.385. The zero-order chi connectivity index (χ0) is 30.1. The van der Waals surface area contributed by atoms with Crippen LogP contribution in [0.15, 0.2) is 54.7 Å². The molecule has 42 heavy (non-hydrogen) atoms. The Morgan fingerprint density at radius 2 is 1.57 bits per heavy atom. The molecule has 0 bridgehead atoms. The smallest absolute Gasteiger partial charge is 0.231 e. The lowest BCUT2D eigenvalue weighted by molar-refractivity contribution is -0.659.